The van der Waals surface area contributed by atoms with Crippen molar-refractivity contribution in [2.45, 2.75) is 31.5 Å². The first-order chi connectivity index (χ1) is 7.46. The minimum atomic E-state index is -4.16. The van der Waals surface area contributed by atoms with Crippen molar-refractivity contribution < 1.29 is 13.2 Å². The Bertz CT molecular complexity index is 375. The molecule has 0 fully saturated rings. The molecule has 1 heterocycles. The summed E-state index contributed by atoms with van der Waals surface area (Å²) >= 11 is 7.35. The highest BCUT2D eigenvalue weighted by molar-refractivity contribution is 7.16. The summed E-state index contributed by atoms with van der Waals surface area (Å²) in [5.74, 6) is 0. The molecule has 1 atom stereocenters. The van der Waals surface area contributed by atoms with E-state index in [2.05, 4.69) is 5.32 Å². The summed E-state index contributed by atoms with van der Waals surface area (Å²) in [6.45, 7) is -0.940. The average molecular weight is 270 g/mol. The summed E-state index contributed by atoms with van der Waals surface area (Å²) in [5, 5.41) is 2.55. The first kappa shape index (κ1) is 12.2. The number of hydrogen-bond acceptors (Lipinski definition) is 2. The third-order valence-corrected chi connectivity index (χ3v) is 3.97. The largest absolute Gasteiger partial charge is 0.401 e. The van der Waals surface area contributed by atoms with E-state index in [-0.39, 0.29) is 6.04 Å². The van der Waals surface area contributed by atoms with Crippen molar-refractivity contribution in [3.8, 4) is 0 Å². The minimum absolute atomic E-state index is 0.200. The molecule has 0 aliphatic heterocycles. The Labute approximate surface area is 101 Å². The van der Waals surface area contributed by atoms with Crippen LogP contribution in [0.1, 0.15) is 29.3 Å². The van der Waals surface area contributed by atoms with Crippen molar-refractivity contribution in [3.63, 3.8) is 0 Å². The number of nitrogens with one attached hydrogen (secondary N) is 1. The Balaban J connectivity index is 2.07. The summed E-state index contributed by atoms with van der Waals surface area (Å²) in [4.78, 5) is 1.12. The van der Waals surface area contributed by atoms with Gasteiger partial charge in [0.2, 0.25) is 0 Å². The monoisotopic (exact) mass is 269 g/mol. The van der Waals surface area contributed by atoms with Crippen LogP contribution in [0.15, 0.2) is 6.07 Å². The van der Waals surface area contributed by atoms with Gasteiger partial charge in [-0.2, -0.15) is 13.2 Å². The van der Waals surface area contributed by atoms with Gasteiger partial charge in [-0.25, -0.2) is 0 Å². The molecule has 0 amide bonds. The molecule has 0 radical (unpaired) electrons. The van der Waals surface area contributed by atoms with Gasteiger partial charge < -0.3 is 5.32 Å². The maximum atomic E-state index is 12.1. The van der Waals surface area contributed by atoms with Crippen molar-refractivity contribution in [1.29, 1.82) is 0 Å². The molecule has 1 aliphatic carbocycles. The number of fused-ring (bicyclic) bond motifs is 1. The fraction of sp³-hybridized carbons (Fsp3) is 0.600. The molecule has 0 aromatic carbocycles. The minimum Gasteiger partial charge on any atom is -0.302 e. The van der Waals surface area contributed by atoms with Gasteiger partial charge >= 0.3 is 6.18 Å². The maximum absolute atomic E-state index is 12.1. The molecule has 2 rings (SSSR count). The van der Waals surface area contributed by atoms with E-state index in [1.165, 1.54) is 11.3 Å². The van der Waals surface area contributed by atoms with E-state index in [1.54, 1.807) is 6.07 Å². The van der Waals surface area contributed by atoms with E-state index in [4.69, 9.17) is 11.6 Å². The summed E-state index contributed by atoms with van der Waals surface area (Å²) in [6, 6.07) is 1.59. The molecule has 1 unspecified atom stereocenters. The highest BCUT2D eigenvalue weighted by atomic mass is 35.5. The van der Waals surface area contributed by atoms with E-state index >= 15 is 0 Å². The zero-order valence-corrected chi connectivity index (χ0v) is 9.98. The lowest BCUT2D eigenvalue weighted by molar-refractivity contribution is -0.126. The number of rotatable bonds is 2. The molecule has 1 aromatic heterocycles. The Morgan fingerprint density at radius 3 is 2.94 bits per heavy atom. The molecule has 1 aromatic rings. The Kier molecular flexibility index (Phi) is 3.47. The van der Waals surface area contributed by atoms with Crippen molar-refractivity contribution in [2.24, 2.45) is 0 Å². The number of alkyl halides is 3. The van der Waals surface area contributed by atoms with Gasteiger partial charge in [-0.15, -0.1) is 11.3 Å². The van der Waals surface area contributed by atoms with Gasteiger partial charge in [-0.05, 0) is 30.9 Å². The van der Waals surface area contributed by atoms with Crippen LogP contribution < -0.4 is 5.32 Å². The molecular formula is C10H11ClF3NS. The van der Waals surface area contributed by atoms with E-state index in [0.717, 1.165) is 29.7 Å². The quantitative estimate of drug-likeness (QED) is 0.858. The van der Waals surface area contributed by atoms with Crippen molar-refractivity contribution >= 4 is 22.9 Å². The molecule has 0 saturated heterocycles. The van der Waals surface area contributed by atoms with Crippen LogP contribution in [0, 0.1) is 0 Å². The Morgan fingerprint density at radius 1 is 1.50 bits per heavy atom. The average Bonchev–Trinajstić information content (AvgIpc) is 2.54. The lowest BCUT2D eigenvalue weighted by atomic mass is 9.94. The van der Waals surface area contributed by atoms with Crippen LogP contribution >= 0.6 is 22.9 Å². The highest BCUT2D eigenvalue weighted by Crippen LogP contribution is 2.38. The van der Waals surface area contributed by atoms with E-state index < -0.39 is 12.7 Å². The van der Waals surface area contributed by atoms with Gasteiger partial charge in [0.25, 0.3) is 0 Å². The van der Waals surface area contributed by atoms with Crippen molar-refractivity contribution in [1.82, 2.24) is 5.32 Å². The molecule has 0 spiro atoms. The van der Waals surface area contributed by atoms with Gasteiger partial charge in [0.1, 0.15) is 0 Å². The standard InChI is InChI=1S/C10H11ClF3NS/c11-9-4-6-7(15-5-10(12,13)14)2-1-3-8(6)16-9/h4,7,15H,1-3,5H2. The van der Waals surface area contributed by atoms with Crippen LogP contribution in [0.25, 0.3) is 0 Å². The van der Waals surface area contributed by atoms with Gasteiger partial charge in [0.05, 0.1) is 10.9 Å². The molecule has 0 saturated carbocycles. The topological polar surface area (TPSA) is 12.0 Å². The normalized spacial score (nSPS) is 20.9. The lowest BCUT2D eigenvalue weighted by Gasteiger charge is -2.24. The van der Waals surface area contributed by atoms with Crippen LogP contribution in [0.2, 0.25) is 4.34 Å². The molecule has 16 heavy (non-hydrogen) atoms. The van der Waals surface area contributed by atoms with Crippen molar-refractivity contribution in [3.05, 3.63) is 20.8 Å². The number of thiophene rings is 1. The lowest BCUT2D eigenvalue weighted by Crippen LogP contribution is -2.33. The third-order valence-electron chi connectivity index (χ3n) is 2.63. The van der Waals surface area contributed by atoms with Gasteiger partial charge in [-0.3, -0.25) is 0 Å². The molecule has 0 bridgehead atoms. The predicted octanol–water partition coefficient (Wildman–Crippen LogP) is 3.93. The van der Waals surface area contributed by atoms with Crippen LogP contribution in [-0.4, -0.2) is 12.7 Å². The number of halogens is 4. The Hall–Kier alpha value is -0.260. The van der Waals surface area contributed by atoms with Crippen LogP contribution in [0.3, 0.4) is 0 Å². The third kappa shape index (κ3) is 2.90. The van der Waals surface area contributed by atoms with Crippen LogP contribution in [0.4, 0.5) is 13.2 Å². The summed E-state index contributed by atoms with van der Waals surface area (Å²) in [5.41, 5.74) is 0.950. The van der Waals surface area contributed by atoms with Gasteiger partial charge in [-0.1, -0.05) is 11.6 Å². The SMILES string of the molecule is FC(F)(F)CNC1CCCc2sc(Cl)cc21. The second-order valence-electron chi connectivity index (χ2n) is 3.87. The molecule has 90 valence electrons. The smallest absolute Gasteiger partial charge is 0.302 e. The molecular weight excluding hydrogens is 259 g/mol. The fourth-order valence-corrected chi connectivity index (χ4v) is 3.36. The summed E-state index contributed by atoms with van der Waals surface area (Å²) in [6.07, 6.45) is -1.57. The molecule has 1 aliphatic rings. The molecule has 6 heteroatoms. The van der Waals surface area contributed by atoms with Gasteiger partial charge in [0, 0.05) is 10.9 Å². The fourth-order valence-electron chi connectivity index (χ4n) is 1.97. The molecule has 1 nitrogen and oxygen atoms in total. The molecule has 1 N–H and O–H groups in total. The zero-order chi connectivity index (χ0) is 11.8. The number of aryl methyl sites for hydroxylation is 1. The summed E-state index contributed by atoms with van der Waals surface area (Å²) in [7, 11) is 0. The Morgan fingerprint density at radius 2 is 2.25 bits per heavy atom. The number of hydrogen-bond donors (Lipinski definition) is 1. The zero-order valence-electron chi connectivity index (χ0n) is 8.40. The summed E-state index contributed by atoms with van der Waals surface area (Å²) < 4.78 is 37.0. The first-order valence-corrected chi connectivity index (χ1v) is 6.23. The van der Waals surface area contributed by atoms with Gasteiger partial charge in [0.15, 0.2) is 0 Å². The van der Waals surface area contributed by atoms with E-state index in [9.17, 15) is 13.2 Å². The van der Waals surface area contributed by atoms with Crippen LogP contribution in [0.5, 0.6) is 0 Å². The van der Waals surface area contributed by atoms with E-state index in [0.29, 0.717) is 4.34 Å². The second-order valence-corrected chi connectivity index (χ2v) is 5.64. The maximum Gasteiger partial charge on any atom is 0.401 e. The predicted molar refractivity (Wildman–Crippen MR) is 59.1 cm³/mol. The van der Waals surface area contributed by atoms with E-state index in [1.807, 2.05) is 0 Å². The highest BCUT2D eigenvalue weighted by Gasteiger charge is 2.30. The van der Waals surface area contributed by atoms with Crippen molar-refractivity contribution in [2.75, 3.05) is 6.54 Å². The first-order valence-electron chi connectivity index (χ1n) is 5.04. The second kappa shape index (κ2) is 4.55. The van der Waals surface area contributed by atoms with Crippen LogP contribution in [-0.2, 0) is 6.42 Å².